The minimum Gasteiger partial charge on any atom is -0.456 e. The summed E-state index contributed by atoms with van der Waals surface area (Å²) in [4.78, 5) is 18.8. The van der Waals surface area contributed by atoms with Crippen molar-refractivity contribution in [1.29, 1.82) is 0 Å². The zero-order chi connectivity index (χ0) is 17.1. The first-order valence-electron chi connectivity index (χ1n) is 8.26. The molecule has 24 heavy (non-hydrogen) atoms. The van der Waals surface area contributed by atoms with Gasteiger partial charge in [-0.05, 0) is 38.8 Å². The normalized spacial score (nSPS) is 17.8. The van der Waals surface area contributed by atoms with E-state index in [-0.39, 0.29) is 12.0 Å². The lowest BCUT2D eigenvalue weighted by Crippen LogP contribution is -2.39. The Balaban J connectivity index is 1.71. The molecule has 2 N–H and O–H groups in total. The fourth-order valence-electron chi connectivity index (χ4n) is 3.12. The molecule has 2 aromatic heterocycles. The van der Waals surface area contributed by atoms with Gasteiger partial charge in [-0.2, -0.15) is 0 Å². The second kappa shape index (κ2) is 7.05. The predicted octanol–water partition coefficient (Wildman–Crippen LogP) is 2.18. The van der Waals surface area contributed by atoms with Crippen LogP contribution < -0.4 is 10.2 Å². The van der Waals surface area contributed by atoms with E-state index >= 15 is 0 Å². The Kier molecular flexibility index (Phi) is 4.85. The van der Waals surface area contributed by atoms with Crippen molar-refractivity contribution in [2.75, 3.05) is 18.0 Å². The fraction of sp³-hybridized carbons (Fsp3) is 0.444. The van der Waals surface area contributed by atoms with Crippen molar-refractivity contribution in [1.82, 2.24) is 10.3 Å². The van der Waals surface area contributed by atoms with Gasteiger partial charge in [0.2, 0.25) is 0 Å². The number of anilines is 1. The van der Waals surface area contributed by atoms with Gasteiger partial charge in [0.25, 0.3) is 5.91 Å². The molecule has 1 fully saturated rings. The smallest absolute Gasteiger partial charge is 0.287 e. The van der Waals surface area contributed by atoms with E-state index in [0.717, 1.165) is 42.1 Å². The van der Waals surface area contributed by atoms with Gasteiger partial charge in [0, 0.05) is 37.0 Å². The van der Waals surface area contributed by atoms with Gasteiger partial charge in [0.15, 0.2) is 5.76 Å². The van der Waals surface area contributed by atoms with Crippen molar-refractivity contribution in [3.8, 4) is 0 Å². The van der Waals surface area contributed by atoms with Crippen molar-refractivity contribution in [2.45, 2.75) is 39.3 Å². The summed E-state index contributed by atoms with van der Waals surface area (Å²) in [5.74, 6) is 1.67. The minimum atomic E-state index is -0.322. The van der Waals surface area contributed by atoms with Gasteiger partial charge < -0.3 is 19.7 Å². The van der Waals surface area contributed by atoms with Crippen LogP contribution in [0, 0.1) is 13.8 Å². The third-order valence-corrected chi connectivity index (χ3v) is 4.25. The summed E-state index contributed by atoms with van der Waals surface area (Å²) in [6.45, 7) is 5.49. The van der Waals surface area contributed by atoms with Crippen molar-refractivity contribution < 1.29 is 14.3 Å². The Hall–Kier alpha value is -2.34. The van der Waals surface area contributed by atoms with Crippen LogP contribution >= 0.6 is 0 Å². The molecular weight excluding hydrogens is 306 g/mol. The second-order valence-electron chi connectivity index (χ2n) is 6.28. The molecule has 1 atom stereocenters. The SMILES string of the molecule is Cc1cc(C)c(C(=O)NCc2cccnc2N2CCCC(O)C2)o1. The highest BCUT2D eigenvalue weighted by molar-refractivity contribution is 5.92. The number of piperidine rings is 1. The molecule has 3 rings (SSSR count). The molecule has 128 valence electrons. The largest absolute Gasteiger partial charge is 0.456 e. The first kappa shape index (κ1) is 16.5. The molecule has 1 unspecified atom stereocenters. The van der Waals surface area contributed by atoms with Gasteiger partial charge in [-0.25, -0.2) is 4.98 Å². The molecule has 1 saturated heterocycles. The monoisotopic (exact) mass is 329 g/mol. The van der Waals surface area contributed by atoms with Crippen molar-refractivity contribution in [3.05, 3.63) is 47.0 Å². The number of hydrogen-bond acceptors (Lipinski definition) is 5. The summed E-state index contributed by atoms with van der Waals surface area (Å²) in [6, 6.07) is 5.65. The number of rotatable bonds is 4. The molecule has 1 aliphatic rings. The number of carbonyl (C=O) groups excluding carboxylic acids is 1. The fourth-order valence-corrected chi connectivity index (χ4v) is 3.12. The Morgan fingerprint density at radius 2 is 2.33 bits per heavy atom. The molecule has 0 spiro atoms. The Bertz CT molecular complexity index is 726. The zero-order valence-electron chi connectivity index (χ0n) is 14.1. The van der Waals surface area contributed by atoms with Crippen LogP contribution in [0.5, 0.6) is 0 Å². The number of pyridine rings is 1. The average molecular weight is 329 g/mol. The molecule has 0 aliphatic carbocycles. The van der Waals surface area contributed by atoms with E-state index in [1.807, 2.05) is 32.0 Å². The molecule has 1 amide bonds. The molecule has 2 aromatic rings. The molecule has 3 heterocycles. The zero-order valence-corrected chi connectivity index (χ0v) is 14.1. The molecular formula is C18H23N3O3. The number of furan rings is 1. The highest BCUT2D eigenvalue weighted by Crippen LogP contribution is 2.22. The van der Waals surface area contributed by atoms with Gasteiger partial charge >= 0.3 is 0 Å². The van der Waals surface area contributed by atoms with E-state index in [0.29, 0.717) is 18.8 Å². The number of aryl methyl sites for hydroxylation is 2. The van der Waals surface area contributed by atoms with E-state index in [4.69, 9.17) is 4.42 Å². The Morgan fingerprint density at radius 1 is 1.50 bits per heavy atom. The van der Waals surface area contributed by atoms with Crippen molar-refractivity contribution >= 4 is 11.7 Å². The summed E-state index contributed by atoms with van der Waals surface area (Å²) in [5, 5.41) is 12.8. The number of aromatic nitrogens is 1. The van der Waals surface area contributed by atoms with Crippen LogP contribution in [-0.4, -0.2) is 35.2 Å². The Morgan fingerprint density at radius 3 is 3.04 bits per heavy atom. The van der Waals surface area contributed by atoms with Crippen molar-refractivity contribution in [2.24, 2.45) is 0 Å². The molecule has 0 saturated carbocycles. The molecule has 1 aliphatic heterocycles. The number of amides is 1. The van der Waals surface area contributed by atoms with Crippen LogP contribution in [0.25, 0.3) is 0 Å². The summed E-state index contributed by atoms with van der Waals surface area (Å²) in [7, 11) is 0. The number of hydrogen-bond donors (Lipinski definition) is 2. The van der Waals surface area contributed by atoms with Crippen molar-refractivity contribution in [3.63, 3.8) is 0 Å². The average Bonchev–Trinajstić information content (AvgIpc) is 2.91. The highest BCUT2D eigenvalue weighted by atomic mass is 16.3. The van der Waals surface area contributed by atoms with Crippen LogP contribution in [0.4, 0.5) is 5.82 Å². The highest BCUT2D eigenvalue weighted by Gasteiger charge is 2.21. The van der Waals surface area contributed by atoms with E-state index in [1.54, 1.807) is 6.20 Å². The lowest BCUT2D eigenvalue weighted by atomic mass is 10.1. The number of β-amino-alcohol motifs (C(OH)–C–C–N with tert-alkyl or cyclic N) is 1. The summed E-state index contributed by atoms with van der Waals surface area (Å²) in [6.07, 6.45) is 3.18. The van der Waals surface area contributed by atoms with Crippen LogP contribution in [0.3, 0.4) is 0 Å². The van der Waals surface area contributed by atoms with Gasteiger partial charge in [-0.15, -0.1) is 0 Å². The van der Waals surface area contributed by atoms with Crippen LogP contribution in [-0.2, 0) is 6.54 Å². The van der Waals surface area contributed by atoms with E-state index in [2.05, 4.69) is 15.2 Å². The maximum absolute atomic E-state index is 12.3. The summed E-state index contributed by atoms with van der Waals surface area (Å²) >= 11 is 0. The van der Waals surface area contributed by atoms with Gasteiger partial charge in [0.05, 0.1) is 6.10 Å². The van der Waals surface area contributed by atoms with E-state index in [9.17, 15) is 9.90 Å². The molecule has 0 aromatic carbocycles. The Labute approximate surface area is 141 Å². The first-order valence-corrected chi connectivity index (χ1v) is 8.26. The van der Waals surface area contributed by atoms with Gasteiger partial charge in [-0.3, -0.25) is 4.79 Å². The quantitative estimate of drug-likeness (QED) is 0.899. The molecule has 0 bridgehead atoms. The molecule has 0 radical (unpaired) electrons. The predicted molar refractivity (Wildman–Crippen MR) is 91.0 cm³/mol. The standard InChI is InChI=1S/C18H23N3O3/c1-12-9-13(2)24-16(12)18(23)20-10-14-5-3-7-19-17(14)21-8-4-6-15(22)11-21/h3,5,7,9,15,22H,4,6,8,10-11H2,1-2H3,(H,20,23). The van der Waals surface area contributed by atoms with Crippen LogP contribution in [0.2, 0.25) is 0 Å². The van der Waals surface area contributed by atoms with Crippen LogP contribution in [0.15, 0.2) is 28.8 Å². The summed E-state index contributed by atoms with van der Waals surface area (Å²) in [5.41, 5.74) is 1.76. The number of aliphatic hydroxyl groups excluding tert-OH is 1. The van der Waals surface area contributed by atoms with Gasteiger partial charge in [0.1, 0.15) is 11.6 Å². The second-order valence-corrected chi connectivity index (χ2v) is 6.28. The lowest BCUT2D eigenvalue weighted by Gasteiger charge is -2.32. The number of nitrogens with one attached hydrogen (secondary N) is 1. The van der Waals surface area contributed by atoms with E-state index in [1.165, 1.54) is 0 Å². The molecule has 6 nitrogen and oxygen atoms in total. The minimum absolute atomic E-state index is 0.228. The van der Waals surface area contributed by atoms with Gasteiger partial charge in [-0.1, -0.05) is 6.07 Å². The summed E-state index contributed by atoms with van der Waals surface area (Å²) < 4.78 is 5.45. The maximum atomic E-state index is 12.3. The molecule has 6 heteroatoms. The maximum Gasteiger partial charge on any atom is 0.287 e. The van der Waals surface area contributed by atoms with E-state index < -0.39 is 0 Å². The first-order chi connectivity index (χ1) is 11.5. The number of nitrogens with zero attached hydrogens (tertiary/aromatic N) is 2. The van der Waals surface area contributed by atoms with Crippen LogP contribution in [0.1, 0.15) is 40.3 Å². The third kappa shape index (κ3) is 3.59. The lowest BCUT2D eigenvalue weighted by molar-refractivity contribution is 0.0921. The number of carbonyl (C=O) groups is 1. The third-order valence-electron chi connectivity index (χ3n) is 4.25. The topological polar surface area (TPSA) is 78.6 Å². The number of aliphatic hydroxyl groups is 1.